The molecule has 0 radical (unpaired) electrons. The monoisotopic (exact) mass is 177 g/mol. The minimum atomic E-state index is 0.143. The second-order valence-electron chi connectivity index (χ2n) is 3.07. The van der Waals surface area contributed by atoms with E-state index >= 15 is 0 Å². The molecule has 0 saturated heterocycles. The van der Waals surface area contributed by atoms with Crippen molar-refractivity contribution in [3.05, 3.63) is 24.2 Å². The number of hydrogen-bond acceptors (Lipinski definition) is 2. The Bertz CT molecular complexity index is 271. The molecular weight excluding hydrogens is 162 g/mol. The highest BCUT2D eigenvalue weighted by molar-refractivity contribution is 5.12. The van der Waals surface area contributed by atoms with E-state index in [4.69, 9.17) is 10.8 Å². The SMILES string of the molecule is C#CC(CC)NC(C)c1ccoc1. The van der Waals surface area contributed by atoms with Gasteiger partial charge in [-0.2, -0.15) is 0 Å². The quantitative estimate of drug-likeness (QED) is 0.714. The molecule has 2 unspecified atom stereocenters. The van der Waals surface area contributed by atoms with Crippen molar-refractivity contribution in [3.8, 4) is 12.3 Å². The van der Waals surface area contributed by atoms with Crippen molar-refractivity contribution in [3.63, 3.8) is 0 Å². The van der Waals surface area contributed by atoms with Crippen molar-refractivity contribution < 1.29 is 4.42 Å². The first-order valence-electron chi connectivity index (χ1n) is 4.52. The van der Waals surface area contributed by atoms with Crippen LogP contribution >= 0.6 is 0 Å². The third-order valence-electron chi connectivity index (χ3n) is 2.10. The fourth-order valence-corrected chi connectivity index (χ4v) is 1.20. The van der Waals surface area contributed by atoms with Crippen molar-refractivity contribution in [1.82, 2.24) is 5.32 Å². The van der Waals surface area contributed by atoms with Crippen LogP contribution in [0, 0.1) is 12.3 Å². The van der Waals surface area contributed by atoms with Crippen LogP contribution in [0.25, 0.3) is 0 Å². The van der Waals surface area contributed by atoms with Gasteiger partial charge in [0.25, 0.3) is 0 Å². The average molecular weight is 177 g/mol. The average Bonchev–Trinajstić information content (AvgIpc) is 2.66. The number of hydrogen-bond donors (Lipinski definition) is 1. The summed E-state index contributed by atoms with van der Waals surface area (Å²) < 4.78 is 4.99. The van der Waals surface area contributed by atoms with Crippen molar-refractivity contribution in [2.24, 2.45) is 0 Å². The van der Waals surface area contributed by atoms with Gasteiger partial charge in [0.1, 0.15) is 0 Å². The fourth-order valence-electron chi connectivity index (χ4n) is 1.20. The molecule has 0 bridgehead atoms. The van der Waals surface area contributed by atoms with E-state index in [0.29, 0.717) is 0 Å². The van der Waals surface area contributed by atoms with E-state index in [2.05, 4.69) is 25.1 Å². The van der Waals surface area contributed by atoms with Crippen LogP contribution in [0.5, 0.6) is 0 Å². The topological polar surface area (TPSA) is 25.2 Å². The number of rotatable bonds is 4. The van der Waals surface area contributed by atoms with Gasteiger partial charge < -0.3 is 4.42 Å². The molecule has 0 aliphatic heterocycles. The molecule has 0 aliphatic rings. The molecule has 0 aliphatic carbocycles. The van der Waals surface area contributed by atoms with Gasteiger partial charge in [0.05, 0.1) is 18.6 Å². The lowest BCUT2D eigenvalue weighted by Gasteiger charge is -2.16. The highest BCUT2D eigenvalue weighted by Crippen LogP contribution is 2.13. The third-order valence-corrected chi connectivity index (χ3v) is 2.10. The van der Waals surface area contributed by atoms with Crippen LogP contribution in [0.1, 0.15) is 31.9 Å². The Balaban J connectivity index is 2.51. The molecule has 1 aromatic rings. The molecule has 0 fully saturated rings. The molecule has 2 atom stereocenters. The molecule has 2 heteroatoms. The minimum absolute atomic E-state index is 0.143. The molecule has 1 heterocycles. The highest BCUT2D eigenvalue weighted by atomic mass is 16.3. The number of furan rings is 1. The van der Waals surface area contributed by atoms with Crippen LogP contribution in [0.4, 0.5) is 0 Å². The lowest BCUT2D eigenvalue weighted by Crippen LogP contribution is -2.29. The molecule has 0 saturated carbocycles. The lowest BCUT2D eigenvalue weighted by atomic mass is 10.1. The molecule has 1 N–H and O–H groups in total. The van der Waals surface area contributed by atoms with Gasteiger partial charge in [0.15, 0.2) is 0 Å². The molecule has 2 nitrogen and oxygen atoms in total. The van der Waals surface area contributed by atoms with Gasteiger partial charge in [-0.25, -0.2) is 0 Å². The van der Waals surface area contributed by atoms with Crippen molar-refractivity contribution in [2.75, 3.05) is 0 Å². The summed E-state index contributed by atoms with van der Waals surface area (Å²) in [4.78, 5) is 0. The maximum atomic E-state index is 5.35. The van der Waals surface area contributed by atoms with E-state index in [-0.39, 0.29) is 12.1 Å². The smallest absolute Gasteiger partial charge is 0.0950 e. The van der Waals surface area contributed by atoms with Gasteiger partial charge in [-0.15, -0.1) is 6.42 Å². The minimum Gasteiger partial charge on any atom is -0.472 e. The van der Waals surface area contributed by atoms with E-state index < -0.39 is 0 Å². The van der Waals surface area contributed by atoms with Gasteiger partial charge in [0.2, 0.25) is 0 Å². The Hall–Kier alpha value is -1.20. The van der Waals surface area contributed by atoms with Crippen LogP contribution in [0.15, 0.2) is 23.0 Å². The number of terminal acetylenes is 1. The van der Waals surface area contributed by atoms with E-state index in [9.17, 15) is 0 Å². The summed E-state index contributed by atoms with van der Waals surface area (Å²) in [7, 11) is 0. The van der Waals surface area contributed by atoms with Crippen LogP contribution in [0.3, 0.4) is 0 Å². The zero-order valence-corrected chi connectivity index (χ0v) is 8.08. The largest absolute Gasteiger partial charge is 0.472 e. The summed E-state index contributed by atoms with van der Waals surface area (Å²) in [6.07, 6.45) is 9.70. The normalized spacial score (nSPS) is 14.8. The van der Waals surface area contributed by atoms with E-state index in [1.54, 1.807) is 12.5 Å². The molecule has 0 amide bonds. The predicted molar refractivity (Wildman–Crippen MR) is 53.2 cm³/mol. The van der Waals surface area contributed by atoms with Crippen LogP contribution in [0.2, 0.25) is 0 Å². The van der Waals surface area contributed by atoms with Gasteiger partial charge in [-0.3, -0.25) is 5.32 Å². The first-order valence-corrected chi connectivity index (χ1v) is 4.52. The fraction of sp³-hybridized carbons (Fsp3) is 0.455. The van der Waals surface area contributed by atoms with Crippen molar-refractivity contribution in [1.29, 1.82) is 0 Å². The van der Waals surface area contributed by atoms with Crippen LogP contribution in [-0.4, -0.2) is 6.04 Å². The maximum absolute atomic E-state index is 5.35. The van der Waals surface area contributed by atoms with Gasteiger partial charge in [-0.05, 0) is 19.4 Å². The first-order chi connectivity index (χ1) is 6.27. The Morgan fingerprint density at radius 2 is 2.46 bits per heavy atom. The Morgan fingerprint density at radius 1 is 1.69 bits per heavy atom. The van der Waals surface area contributed by atoms with Gasteiger partial charge in [-0.1, -0.05) is 12.8 Å². The van der Waals surface area contributed by atoms with Crippen LogP contribution < -0.4 is 5.32 Å². The molecular formula is C11H15NO. The summed E-state index contributed by atoms with van der Waals surface area (Å²) >= 11 is 0. The highest BCUT2D eigenvalue weighted by Gasteiger charge is 2.09. The predicted octanol–water partition coefficient (Wildman–Crippen LogP) is 2.34. The molecule has 70 valence electrons. The van der Waals surface area contributed by atoms with E-state index in [1.807, 2.05) is 6.07 Å². The zero-order valence-electron chi connectivity index (χ0n) is 8.08. The Kier molecular flexibility index (Phi) is 3.60. The van der Waals surface area contributed by atoms with Crippen molar-refractivity contribution >= 4 is 0 Å². The first kappa shape index (κ1) is 9.88. The van der Waals surface area contributed by atoms with Gasteiger partial charge >= 0.3 is 0 Å². The number of nitrogens with one attached hydrogen (secondary N) is 1. The Labute approximate surface area is 79.3 Å². The molecule has 0 aromatic carbocycles. The molecule has 1 rings (SSSR count). The summed E-state index contributed by atoms with van der Waals surface area (Å²) in [5.74, 6) is 2.70. The molecule has 0 spiro atoms. The summed E-state index contributed by atoms with van der Waals surface area (Å²) in [5, 5.41) is 3.32. The summed E-state index contributed by atoms with van der Waals surface area (Å²) in [5.41, 5.74) is 1.13. The second kappa shape index (κ2) is 4.74. The molecule has 13 heavy (non-hydrogen) atoms. The van der Waals surface area contributed by atoms with Crippen LogP contribution in [-0.2, 0) is 0 Å². The summed E-state index contributed by atoms with van der Waals surface area (Å²) in [6.45, 7) is 4.14. The van der Waals surface area contributed by atoms with E-state index in [1.165, 1.54) is 0 Å². The third kappa shape index (κ3) is 2.64. The summed E-state index contributed by atoms with van der Waals surface area (Å²) in [6, 6.07) is 2.34. The lowest BCUT2D eigenvalue weighted by molar-refractivity contribution is 0.501. The Morgan fingerprint density at radius 3 is 2.92 bits per heavy atom. The zero-order chi connectivity index (χ0) is 9.68. The van der Waals surface area contributed by atoms with E-state index in [0.717, 1.165) is 12.0 Å². The van der Waals surface area contributed by atoms with Gasteiger partial charge in [0, 0.05) is 11.6 Å². The standard InChI is InChI=1S/C11H15NO/c1-4-11(5-2)12-9(3)10-6-7-13-8-10/h1,6-9,11-12H,5H2,2-3H3. The van der Waals surface area contributed by atoms with Crippen molar-refractivity contribution in [2.45, 2.75) is 32.4 Å². The second-order valence-corrected chi connectivity index (χ2v) is 3.07. The maximum Gasteiger partial charge on any atom is 0.0950 e. The molecule has 1 aromatic heterocycles.